The predicted octanol–water partition coefficient (Wildman–Crippen LogP) is 2.05. The molecule has 6 heteroatoms. The second kappa shape index (κ2) is 5.17. The van der Waals surface area contributed by atoms with Crippen molar-refractivity contribution in [1.29, 1.82) is 0 Å². The Morgan fingerprint density at radius 1 is 1.42 bits per heavy atom. The first-order valence-corrected chi connectivity index (χ1v) is 6.18. The predicted molar refractivity (Wildman–Crippen MR) is 69.6 cm³/mol. The average molecular weight is 260 g/mol. The fourth-order valence-corrected chi connectivity index (χ4v) is 1.64. The maximum atomic E-state index is 10.8. The van der Waals surface area contributed by atoms with E-state index in [4.69, 9.17) is 5.11 Å². The van der Waals surface area contributed by atoms with Gasteiger partial charge in [-0.2, -0.15) is 5.10 Å². The van der Waals surface area contributed by atoms with Crippen LogP contribution in [0.5, 0.6) is 0 Å². The van der Waals surface area contributed by atoms with E-state index in [0.29, 0.717) is 5.82 Å². The Balaban J connectivity index is 2.47. The van der Waals surface area contributed by atoms with Crippen LogP contribution in [0.15, 0.2) is 18.3 Å². The van der Waals surface area contributed by atoms with Gasteiger partial charge in [-0.15, -0.1) is 0 Å². The van der Waals surface area contributed by atoms with Crippen molar-refractivity contribution in [3.63, 3.8) is 0 Å². The van der Waals surface area contributed by atoms with Crippen LogP contribution in [0.2, 0.25) is 0 Å². The lowest BCUT2D eigenvalue weighted by Crippen LogP contribution is -2.08. The minimum absolute atomic E-state index is 0.00255. The summed E-state index contributed by atoms with van der Waals surface area (Å²) in [6.07, 6.45) is 2.32. The number of aromatic nitrogens is 4. The maximum absolute atomic E-state index is 10.8. The molecule has 6 nitrogen and oxygen atoms in total. The zero-order chi connectivity index (χ0) is 14.0. The van der Waals surface area contributed by atoms with Gasteiger partial charge in [-0.05, 0) is 12.0 Å². The van der Waals surface area contributed by atoms with Gasteiger partial charge in [0.25, 0.3) is 0 Å². The number of rotatable bonds is 4. The summed E-state index contributed by atoms with van der Waals surface area (Å²) < 4.78 is 1.47. The standard InChI is InChI=1S/C13H16N4O2/c1-4-11-14-10(8(2)3)7-12(15-11)17-6-5-9(16-17)13(18)19/h5-8H,4H2,1-3H3,(H,18,19). The van der Waals surface area contributed by atoms with Gasteiger partial charge in [-0.1, -0.05) is 20.8 Å². The van der Waals surface area contributed by atoms with Crippen molar-refractivity contribution in [2.24, 2.45) is 0 Å². The molecular weight excluding hydrogens is 244 g/mol. The number of nitrogens with zero attached hydrogens (tertiary/aromatic N) is 4. The highest BCUT2D eigenvalue weighted by Crippen LogP contribution is 2.15. The highest BCUT2D eigenvalue weighted by Gasteiger charge is 2.11. The minimum Gasteiger partial charge on any atom is -0.476 e. The van der Waals surface area contributed by atoms with Gasteiger partial charge < -0.3 is 5.11 Å². The Hall–Kier alpha value is -2.24. The number of aryl methyl sites for hydroxylation is 1. The third kappa shape index (κ3) is 2.78. The Morgan fingerprint density at radius 2 is 2.16 bits per heavy atom. The molecule has 19 heavy (non-hydrogen) atoms. The lowest BCUT2D eigenvalue weighted by Gasteiger charge is -2.09. The summed E-state index contributed by atoms with van der Waals surface area (Å²) in [5.41, 5.74) is 0.928. The van der Waals surface area contributed by atoms with Crippen molar-refractivity contribution in [1.82, 2.24) is 19.7 Å². The molecule has 0 saturated heterocycles. The van der Waals surface area contributed by atoms with Crippen LogP contribution in [-0.4, -0.2) is 30.8 Å². The van der Waals surface area contributed by atoms with E-state index in [1.54, 1.807) is 6.20 Å². The van der Waals surface area contributed by atoms with Crippen molar-refractivity contribution in [2.75, 3.05) is 0 Å². The first-order chi connectivity index (χ1) is 9.01. The molecule has 0 radical (unpaired) electrons. The lowest BCUT2D eigenvalue weighted by molar-refractivity contribution is 0.0690. The van der Waals surface area contributed by atoms with Crippen molar-refractivity contribution < 1.29 is 9.90 Å². The molecule has 2 aromatic heterocycles. The maximum Gasteiger partial charge on any atom is 0.356 e. The molecule has 2 aromatic rings. The zero-order valence-electron chi connectivity index (χ0n) is 11.2. The van der Waals surface area contributed by atoms with E-state index < -0.39 is 5.97 Å². The van der Waals surface area contributed by atoms with Crippen molar-refractivity contribution in [3.05, 3.63) is 35.5 Å². The normalized spacial score (nSPS) is 10.9. The molecule has 0 aliphatic carbocycles. The van der Waals surface area contributed by atoms with Crippen LogP contribution in [0.1, 0.15) is 48.7 Å². The molecule has 0 aliphatic heterocycles. The molecule has 0 bridgehead atoms. The van der Waals surface area contributed by atoms with E-state index in [1.165, 1.54) is 10.7 Å². The SMILES string of the molecule is CCc1nc(C(C)C)cc(-n2ccc(C(=O)O)n2)n1. The summed E-state index contributed by atoms with van der Waals surface area (Å²) in [5.74, 6) is 0.561. The van der Waals surface area contributed by atoms with Gasteiger partial charge in [0.05, 0.1) is 0 Å². The Bertz CT molecular complexity index is 604. The molecule has 0 amide bonds. The van der Waals surface area contributed by atoms with E-state index in [0.717, 1.165) is 17.9 Å². The Kier molecular flexibility index (Phi) is 3.59. The first-order valence-electron chi connectivity index (χ1n) is 6.18. The summed E-state index contributed by atoms with van der Waals surface area (Å²) >= 11 is 0. The molecule has 0 spiro atoms. The van der Waals surface area contributed by atoms with Crippen LogP contribution >= 0.6 is 0 Å². The molecule has 0 aromatic carbocycles. The second-order valence-corrected chi connectivity index (χ2v) is 4.53. The van der Waals surface area contributed by atoms with Gasteiger partial charge in [-0.25, -0.2) is 19.4 Å². The van der Waals surface area contributed by atoms with Crippen LogP contribution in [-0.2, 0) is 6.42 Å². The molecule has 0 fully saturated rings. The van der Waals surface area contributed by atoms with Crippen molar-refractivity contribution >= 4 is 5.97 Å². The third-order valence-electron chi connectivity index (χ3n) is 2.73. The van der Waals surface area contributed by atoms with E-state index >= 15 is 0 Å². The number of hydrogen-bond acceptors (Lipinski definition) is 4. The van der Waals surface area contributed by atoms with E-state index in [9.17, 15) is 4.79 Å². The largest absolute Gasteiger partial charge is 0.476 e. The molecule has 0 unspecified atom stereocenters. The molecule has 0 atom stereocenters. The van der Waals surface area contributed by atoms with Crippen LogP contribution in [0, 0.1) is 0 Å². The Labute approximate surface area is 111 Å². The zero-order valence-corrected chi connectivity index (χ0v) is 11.2. The van der Waals surface area contributed by atoms with E-state index in [2.05, 4.69) is 28.9 Å². The fraction of sp³-hybridized carbons (Fsp3) is 0.385. The number of carboxylic acid groups (broad SMARTS) is 1. The smallest absolute Gasteiger partial charge is 0.356 e. The molecule has 100 valence electrons. The topological polar surface area (TPSA) is 80.9 Å². The molecule has 2 rings (SSSR count). The molecule has 0 saturated carbocycles. The summed E-state index contributed by atoms with van der Waals surface area (Å²) in [5, 5.41) is 12.9. The summed E-state index contributed by atoms with van der Waals surface area (Å²) in [6.45, 7) is 6.09. The van der Waals surface area contributed by atoms with Gasteiger partial charge in [-0.3, -0.25) is 0 Å². The highest BCUT2D eigenvalue weighted by atomic mass is 16.4. The third-order valence-corrected chi connectivity index (χ3v) is 2.73. The molecular formula is C13H16N4O2. The molecule has 2 heterocycles. The average Bonchev–Trinajstić information content (AvgIpc) is 2.87. The van der Waals surface area contributed by atoms with Crippen LogP contribution < -0.4 is 0 Å². The second-order valence-electron chi connectivity index (χ2n) is 4.53. The number of aromatic carboxylic acids is 1. The number of carbonyl (C=O) groups is 1. The minimum atomic E-state index is -1.05. The lowest BCUT2D eigenvalue weighted by atomic mass is 10.1. The fourth-order valence-electron chi connectivity index (χ4n) is 1.64. The molecule has 1 N–H and O–H groups in total. The highest BCUT2D eigenvalue weighted by molar-refractivity contribution is 5.85. The van der Waals surface area contributed by atoms with E-state index in [1.807, 2.05) is 13.0 Å². The summed E-state index contributed by atoms with van der Waals surface area (Å²) in [7, 11) is 0. The molecule has 0 aliphatic rings. The summed E-state index contributed by atoms with van der Waals surface area (Å²) in [6, 6.07) is 3.29. The van der Waals surface area contributed by atoms with Crippen molar-refractivity contribution in [3.8, 4) is 5.82 Å². The first kappa shape index (κ1) is 13.2. The summed E-state index contributed by atoms with van der Waals surface area (Å²) in [4.78, 5) is 19.7. The number of carboxylic acids is 1. The van der Waals surface area contributed by atoms with Gasteiger partial charge >= 0.3 is 5.97 Å². The number of hydrogen-bond donors (Lipinski definition) is 1. The quantitative estimate of drug-likeness (QED) is 0.909. The van der Waals surface area contributed by atoms with Gasteiger partial charge in [0.2, 0.25) is 0 Å². The van der Waals surface area contributed by atoms with Gasteiger partial charge in [0, 0.05) is 24.4 Å². The van der Waals surface area contributed by atoms with Crippen LogP contribution in [0.4, 0.5) is 0 Å². The van der Waals surface area contributed by atoms with Gasteiger partial charge in [0.1, 0.15) is 5.82 Å². The monoisotopic (exact) mass is 260 g/mol. The van der Waals surface area contributed by atoms with Crippen LogP contribution in [0.3, 0.4) is 0 Å². The Morgan fingerprint density at radius 3 is 2.68 bits per heavy atom. The van der Waals surface area contributed by atoms with Crippen LogP contribution in [0.25, 0.3) is 5.82 Å². The van der Waals surface area contributed by atoms with Crippen molar-refractivity contribution in [2.45, 2.75) is 33.1 Å². The van der Waals surface area contributed by atoms with Gasteiger partial charge in [0.15, 0.2) is 11.5 Å². The van der Waals surface area contributed by atoms with E-state index in [-0.39, 0.29) is 11.6 Å².